The molecule has 2 aromatic rings. The van der Waals surface area contributed by atoms with Gasteiger partial charge < -0.3 is 9.73 Å². The number of rotatable bonds is 4. The van der Waals surface area contributed by atoms with Crippen LogP contribution < -0.4 is 5.32 Å². The summed E-state index contributed by atoms with van der Waals surface area (Å²) in [5.41, 5.74) is 0.988. The van der Waals surface area contributed by atoms with E-state index in [0.717, 1.165) is 15.9 Å². The second kappa shape index (κ2) is 5.27. The van der Waals surface area contributed by atoms with Crippen molar-refractivity contribution in [3.8, 4) is 0 Å². The molecule has 0 aromatic carbocycles. The molecule has 0 saturated heterocycles. The minimum absolute atomic E-state index is 0.373. The lowest BCUT2D eigenvalue weighted by molar-refractivity contribution is 0.494. The topological polar surface area (TPSA) is 43.0 Å². The lowest BCUT2D eigenvalue weighted by Crippen LogP contribution is -2.00. The maximum absolute atomic E-state index is 5.47. The molecule has 0 aliphatic heterocycles. The van der Waals surface area contributed by atoms with Crippen LogP contribution in [0.25, 0.3) is 0 Å². The standard InChI is InChI=1S/C11H13Br2N3O/c1-7(2)16-6-8(4-15-16)14-5-9-3-10(12)11(13)17-9/h3-4,6-7,14H,5H2,1-2H3. The zero-order valence-corrected chi connectivity index (χ0v) is 12.7. The molecule has 0 saturated carbocycles. The Balaban J connectivity index is 1.97. The number of furan rings is 1. The number of halogens is 2. The summed E-state index contributed by atoms with van der Waals surface area (Å²) < 4.78 is 9.02. The predicted molar refractivity (Wildman–Crippen MR) is 74.0 cm³/mol. The largest absolute Gasteiger partial charge is 0.451 e. The van der Waals surface area contributed by atoms with Crippen molar-refractivity contribution in [3.05, 3.63) is 33.4 Å². The Kier molecular flexibility index (Phi) is 3.93. The van der Waals surface area contributed by atoms with Gasteiger partial charge >= 0.3 is 0 Å². The molecule has 0 aliphatic rings. The van der Waals surface area contributed by atoms with Gasteiger partial charge in [0.1, 0.15) is 5.76 Å². The second-order valence-electron chi connectivity index (χ2n) is 3.99. The molecule has 2 aromatic heterocycles. The van der Waals surface area contributed by atoms with Gasteiger partial charge in [0.2, 0.25) is 0 Å². The summed E-state index contributed by atoms with van der Waals surface area (Å²) in [7, 11) is 0. The highest BCUT2D eigenvalue weighted by Crippen LogP contribution is 2.27. The Bertz CT molecular complexity index is 485. The first kappa shape index (κ1) is 12.7. The molecule has 92 valence electrons. The van der Waals surface area contributed by atoms with Crippen molar-refractivity contribution in [2.45, 2.75) is 26.4 Å². The predicted octanol–water partition coefficient (Wildman–Crippen LogP) is 4.19. The summed E-state index contributed by atoms with van der Waals surface area (Å²) in [6, 6.07) is 2.31. The van der Waals surface area contributed by atoms with Crippen LogP contribution in [0.3, 0.4) is 0 Å². The molecule has 0 bridgehead atoms. The molecule has 0 spiro atoms. The minimum Gasteiger partial charge on any atom is -0.451 e. The van der Waals surface area contributed by atoms with E-state index >= 15 is 0 Å². The highest BCUT2D eigenvalue weighted by atomic mass is 79.9. The SMILES string of the molecule is CC(C)n1cc(NCc2cc(Br)c(Br)o2)cn1. The fraction of sp³-hybridized carbons (Fsp3) is 0.364. The summed E-state index contributed by atoms with van der Waals surface area (Å²) in [4.78, 5) is 0. The van der Waals surface area contributed by atoms with Crippen LogP contribution in [0.4, 0.5) is 5.69 Å². The van der Waals surface area contributed by atoms with Crippen molar-refractivity contribution >= 4 is 37.5 Å². The van der Waals surface area contributed by atoms with Gasteiger partial charge in [0, 0.05) is 12.2 Å². The van der Waals surface area contributed by atoms with Crippen LogP contribution in [0, 0.1) is 0 Å². The highest BCUT2D eigenvalue weighted by molar-refractivity contribution is 9.13. The Labute approximate surface area is 117 Å². The molecule has 1 N–H and O–H groups in total. The van der Waals surface area contributed by atoms with Crippen LogP contribution in [0.2, 0.25) is 0 Å². The van der Waals surface area contributed by atoms with Crippen molar-refractivity contribution in [3.63, 3.8) is 0 Å². The maximum atomic E-state index is 5.47. The molecule has 0 aliphatic carbocycles. The Hall–Kier alpha value is -0.750. The van der Waals surface area contributed by atoms with Crippen molar-refractivity contribution < 1.29 is 4.42 Å². The first-order valence-electron chi connectivity index (χ1n) is 5.28. The number of nitrogens with zero attached hydrogens (tertiary/aromatic N) is 2. The van der Waals surface area contributed by atoms with E-state index in [0.29, 0.717) is 17.3 Å². The fourth-order valence-corrected chi connectivity index (χ4v) is 2.04. The van der Waals surface area contributed by atoms with Gasteiger partial charge in [-0.25, -0.2) is 0 Å². The maximum Gasteiger partial charge on any atom is 0.183 e. The first-order chi connectivity index (χ1) is 8.06. The monoisotopic (exact) mass is 361 g/mol. The average Bonchev–Trinajstić information content (AvgIpc) is 2.84. The van der Waals surface area contributed by atoms with Gasteiger partial charge in [-0.05, 0) is 51.8 Å². The number of anilines is 1. The molecule has 0 fully saturated rings. The van der Waals surface area contributed by atoms with Gasteiger partial charge in [-0.15, -0.1) is 0 Å². The first-order valence-corrected chi connectivity index (χ1v) is 6.86. The number of hydrogen-bond acceptors (Lipinski definition) is 3. The van der Waals surface area contributed by atoms with Gasteiger partial charge in [-0.2, -0.15) is 5.10 Å². The van der Waals surface area contributed by atoms with Gasteiger partial charge in [-0.3, -0.25) is 4.68 Å². The molecular weight excluding hydrogens is 350 g/mol. The zero-order chi connectivity index (χ0) is 12.4. The molecule has 6 heteroatoms. The van der Waals surface area contributed by atoms with Gasteiger partial charge in [0.25, 0.3) is 0 Å². The highest BCUT2D eigenvalue weighted by Gasteiger charge is 2.06. The quantitative estimate of drug-likeness (QED) is 0.886. The fourth-order valence-electron chi connectivity index (χ4n) is 1.38. The summed E-state index contributed by atoms with van der Waals surface area (Å²) >= 11 is 6.69. The smallest absolute Gasteiger partial charge is 0.183 e. The third kappa shape index (κ3) is 3.13. The van der Waals surface area contributed by atoms with E-state index in [9.17, 15) is 0 Å². The number of aromatic nitrogens is 2. The molecule has 2 rings (SSSR count). The number of nitrogens with one attached hydrogen (secondary N) is 1. The van der Waals surface area contributed by atoms with E-state index < -0.39 is 0 Å². The van der Waals surface area contributed by atoms with E-state index in [2.05, 4.69) is 56.1 Å². The summed E-state index contributed by atoms with van der Waals surface area (Å²) in [6.45, 7) is 4.82. The molecular formula is C11H13Br2N3O. The van der Waals surface area contributed by atoms with Gasteiger partial charge in [0.05, 0.1) is 22.9 Å². The van der Waals surface area contributed by atoms with Crippen LogP contribution in [0.5, 0.6) is 0 Å². The third-order valence-corrected chi connectivity index (χ3v) is 4.00. The van der Waals surface area contributed by atoms with E-state index in [1.165, 1.54) is 0 Å². The van der Waals surface area contributed by atoms with Crippen molar-refractivity contribution in [1.82, 2.24) is 9.78 Å². The van der Waals surface area contributed by atoms with Crippen LogP contribution in [-0.2, 0) is 6.54 Å². The third-order valence-electron chi connectivity index (χ3n) is 2.29. The minimum atomic E-state index is 0.373. The Morgan fingerprint density at radius 2 is 2.24 bits per heavy atom. The van der Waals surface area contributed by atoms with Crippen LogP contribution in [0.15, 0.2) is 32.0 Å². The zero-order valence-electron chi connectivity index (χ0n) is 9.58. The Morgan fingerprint density at radius 1 is 1.47 bits per heavy atom. The summed E-state index contributed by atoms with van der Waals surface area (Å²) in [6.07, 6.45) is 3.80. The average molecular weight is 363 g/mol. The van der Waals surface area contributed by atoms with E-state index in [-0.39, 0.29) is 0 Å². The summed E-state index contributed by atoms with van der Waals surface area (Å²) in [5, 5.41) is 7.51. The van der Waals surface area contributed by atoms with Crippen LogP contribution in [0.1, 0.15) is 25.6 Å². The molecule has 17 heavy (non-hydrogen) atoms. The lowest BCUT2D eigenvalue weighted by atomic mass is 10.4. The van der Waals surface area contributed by atoms with Gasteiger partial charge in [0.15, 0.2) is 4.67 Å². The molecule has 0 atom stereocenters. The van der Waals surface area contributed by atoms with Crippen LogP contribution >= 0.6 is 31.9 Å². The molecule has 2 heterocycles. The molecule has 0 unspecified atom stereocenters. The van der Waals surface area contributed by atoms with Crippen molar-refractivity contribution in [2.75, 3.05) is 5.32 Å². The van der Waals surface area contributed by atoms with Crippen molar-refractivity contribution in [2.24, 2.45) is 0 Å². The molecule has 0 amide bonds. The van der Waals surface area contributed by atoms with Crippen LogP contribution in [-0.4, -0.2) is 9.78 Å². The van der Waals surface area contributed by atoms with Crippen molar-refractivity contribution in [1.29, 1.82) is 0 Å². The van der Waals surface area contributed by atoms with Gasteiger partial charge in [-0.1, -0.05) is 0 Å². The number of hydrogen-bond donors (Lipinski definition) is 1. The molecule has 4 nitrogen and oxygen atoms in total. The molecule has 0 radical (unpaired) electrons. The Morgan fingerprint density at radius 3 is 2.76 bits per heavy atom. The summed E-state index contributed by atoms with van der Waals surface area (Å²) in [5.74, 6) is 0.862. The normalized spacial score (nSPS) is 11.1. The van der Waals surface area contributed by atoms with E-state index in [1.807, 2.05) is 23.1 Å². The van der Waals surface area contributed by atoms with E-state index in [4.69, 9.17) is 4.42 Å². The van der Waals surface area contributed by atoms with E-state index in [1.54, 1.807) is 0 Å². The second-order valence-corrected chi connectivity index (χ2v) is 5.57. The lowest BCUT2D eigenvalue weighted by Gasteiger charge is -2.03.